The molecule has 1 aromatic rings. The predicted octanol–water partition coefficient (Wildman–Crippen LogP) is 6.49. The Hall–Kier alpha value is -1.87. The number of rotatable bonds is 2. The van der Waals surface area contributed by atoms with Crippen molar-refractivity contribution in [1.29, 1.82) is 0 Å². The van der Waals surface area contributed by atoms with Crippen molar-refractivity contribution < 1.29 is 14.3 Å². The molecule has 0 unspecified atom stereocenters. The minimum absolute atomic E-state index is 0.123. The largest absolute Gasteiger partial charge is 0.497 e. The Morgan fingerprint density at radius 2 is 1.91 bits per heavy atom. The van der Waals surface area contributed by atoms with Crippen LogP contribution in [0.2, 0.25) is 0 Å². The zero-order chi connectivity index (χ0) is 23.0. The van der Waals surface area contributed by atoms with Gasteiger partial charge in [-0.3, -0.25) is 4.79 Å². The molecule has 6 rings (SSSR count). The average molecular weight is 447 g/mol. The van der Waals surface area contributed by atoms with E-state index in [9.17, 15) is 4.79 Å². The van der Waals surface area contributed by atoms with Crippen LogP contribution in [0.15, 0.2) is 48.1 Å². The van der Waals surface area contributed by atoms with Crippen LogP contribution < -0.4 is 4.74 Å². The molecule has 1 aliphatic heterocycles. The molecule has 0 N–H and O–H groups in total. The fraction of sp³-hybridized carbons (Fsp3) is 0.633. The molecule has 1 heterocycles. The summed E-state index contributed by atoms with van der Waals surface area (Å²) >= 11 is 0. The van der Waals surface area contributed by atoms with Crippen molar-refractivity contribution in [3.8, 4) is 5.75 Å². The van der Waals surface area contributed by atoms with Crippen LogP contribution in [0.1, 0.15) is 70.3 Å². The summed E-state index contributed by atoms with van der Waals surface area (Å²) in [7, 11) is 1.74. The quantitative estimate of drug-likeness (QED) is 0.487. The standard InChI is InChI=1S/C30H38O3/c1-18-15-25-27-11-13-30(19(2)12-14-33-30)29(27,3)17-26(20-5-8-22(32-4)9-6-20)28(25)23-10-7-21(31)16-24(18)23/h5-6,8-9,16,18,23,25-28H,2,7,10-15,17H2,1,3-4H3/t18-,23-,25-,26+,27-,28+,29-,30-/m0/s1. The van der Waals surface area contributed by atoms with E-state index in [1.807, 2.05) is 6.08 Å². The maximum absolute atomic E-state index is 12.4. The molecule has 3 nitrogen and oxygen atoms in total. The number of carbonyl (C=O) groups excluding carboxylic acids is 1. The van der Waals surface area contributed by atoms with Gasteiger partial charge >= 0.3 is 0 Å². The summed E-state index contributed by atoms with van der Waals surface area (Å²) < 4.78 is 12.1. The summed E-state index contributed by atoms with van der Waals surface area (Å²) in [5.74, 6) is 4.73. The van der Waals surface area contributed by atoms with Crippen LogP contribution in [0.25, 0.3) is 0 Å². The third kappa shape index (κ3) is 2.93. The Morgan fingerprint density at radius 3 is 2.61 bits per heavy atom. The summed E-state index contributed by atoms with van der Waals surface area (Å²) in [6.07, 6.45) is 9.52. The minimum Gasteiger partial charge on any atom is -0.497 e. The molecule has 5 aliphatic rings. The normalized spacial score (nSPS) is 44.3. The Labute approximate surface area is 198 Å². The molecule has 0 radical (unpaired) electrons. The van der Waals surface area contributed by atoms with Gasteiger partial charge in [0, 0.05) is 11.8 Å². The molecule has 3 heteroatoms. The number of allylic oxidation sites excluding steroid dienone is 1. The van der Waals surface area contributed by atoms with E-state index < -0.39 is 0 Å². The fourth-order valence-corrected chi connectivity index (χ4v) is 9.28. The second kappa shape index (κ2) is 7.57. The Balaban J connectivity index is 1.48. The highest BCUT2D eigenvalue weighted by atomic mass is 16.5. The number of hydrogen-bond donors (Lipinski definition) is 0. The highest BCUT2D eigenvalue weighted by Crippen LogP contribution is 2.71. The average Bonchev–Trinajstić information content (AvgIpc) is 3.34. The number of methoxy groups -OCH3 is 1. The second-order valence-corrected chi connectivity index (χ2v) is 11.8. The number of ether oxygens (including phenoxy) is 2. The van der Waals surface area contributed by atoms with Crippen molar-refractivity contribution in [1.82, 2.24) is 0 Å². The van der Waals surface area contributed by atoms with Crippen molar-refractivity contribution in [2.24, 2.45) is 35.0 Å². The van der Waals surface area contributed by atoms with Gasteiger partial charge in [0.2, 0.25) is 0 Å². The first-order valence-corrected chi connectivity index (χ1v) is 13.1. The van der Waals surface area contributed by atoms with E-state index in [1.54, 1.807) is 7.11 Å². The molecule has 176 valence electrons. The van der Waals surface area contributed by atoms with Gasteiger partial charge in [-0.2, -0.15) is 0 Å². The molecule has 0 aromatic heterocycles. The second-order valence-electron chi connectivity index (χ2n) is 11.8. The molecule has 1 spiro atoms. The van der Waals surface area contributed by atoms with E-state index in [0.29, 0.717) is 47.7 Å². The van der Waals surface area contributed by atoms with Crippen LogP contribution >= 0.6 is 0 Å². The monoisotopic (exact) mass is 446 g/mol. The molecule has 3 saturated carbocycles. The molecule has 1 aromatic carbocycles. The van der Waals surface area contributed by atoms with Gasteiger partial charge in [-0.25, -0.2) is 0 Å². The Morgan fingerprint density at radius 1 is 1.12 bits per heavy atom. The van der Waals surface area contributed by atoms with Crippen molar-refractivity contribution in [2.45, 2.75) is 70.3 Å². The molecular formula is C30H38O3. The predicted molar refractivity (Wildman–Crippen MR) is 130 cm³/mol. The minimum atomic E-state index is -0.144. The third-order valence-electron chi connectivity index (χ3n) is 10.7. The summed E-state index contributed by atoms with van der Waals surface area (Å²) in [5, 5.41) is 0. The van der Waals surface area contributed by atoms with E-state index in [4.69, 9.17) is 9.47 Å². The number of carbonyl (C=O) groups is 1. The van der Waals surface area contributed by atoms with Crippen molar-refractivity contribution >= 4 is 5.78 Å². The van der Waals surface area contributed by atoms with Crippen molar-refractivity contribution in [3.05, 3.63) is 53.6 Å². The lowest BCUT2D eigenvalue weighted by Gasteiger charge is -2.60. The molecule has 0 bridgehead atoms. The van der Waals surface area contributed by atoms with Gasteiger partial charge in [-0.05, 0) is 103 Å². The number of fused-ring (bicyclic) bond motifs is 6. The van der Waals surface area contributed by atoms with Gasteiger partial charge in [0.1, 0.15) is 5.75 Å². The lowest BCUT2D eigenvalue weighted by Crippen LogP contribution is -2.56. The smallest absolute Gasteiger partial charge is 0.155 e. The fourth-order valence-electron chi connectivity index (χ4n) is 9.28. The third-order valence-corrected chi connectivity index (χ3v) is 10.7. The Kier molecular flexibility index (Phi) is 4.96. The molecular weight excluding hydrogens is 408 g/mol. The van der Waals surface area contributed by atoms with E-state index in [1.165, 1.54) is 29.6 Å². The van der Waals surface area contributed by atoms with Crippen LogP contribution in [-0.2, 0) is 9.53 Å². The zero-order valence-electron chi connectivity index (χ0n) is 20.4. The van der Waals surface area contributed by atoms with Crippen molar-refractivity contribution in [3.63, 3.8) is 0 Å². The summed E-state index contributed by atoms with van der Waals surface area (Å²) in [6, 6.07) is 8.85. The van der Waals surface area contributed by atoms with Gasteiger partial charge in [-0.15, -0.1) is 0 Å². The highest BCUT2D eigenvalue weighted by molar-refractivity contribution is 5.91. The molecule has 4 fully saturated rings. The molecule has 4 aliphatic carbocycles. The van der Waals surface area contributed by atoms with Crippen LogP contribution in [0.5, 0.6) is 5.75 Å². The lowest BCUT2D eigenvalue weighted by molar-refractivity contribution is -0.125. The zero-order valence-corrected chi connectivity index (χ0v) is 20.4. The highest BCUT2D eigenvalue weighted by Gasteiger charge is 2.67. The van der Waals surface area contributed by atoms with Gasteiger partial charge in [0.25, 0.3) is 0 Å². The summed E-state index contributed by atoms with van der Waals surface area (Å²) in [5.41, 5.74) is 4.20. The van der Waals surface area contributed by atoms with Gasteiger partial charge < -0.3 is 9.47 Å². The summed E-state index contributed by atoms with van der Waals surface area (Å²) in [4.78, 5) is 12.4. The number of benzene rings is 1. The Bertz CT molecular complexity index is 1010. The van der Waals surface area contributed by atoms with Gasteiger partial charge in [-0.1, -0.05) is 38.1 Å². The molecule has 1 saturated heterocycles. The van der Waals surface area contributed by atoms with E-state index in [2.05, 4.69) is 44.7 Å². The molecule has 33 heavy (non-hydrogen) atoms. The lowest BCUT2D eigenvalue weighted by atomic mass is 9.45. The SMILES string of the molecule is C=C1CCO[C@@]12CC[C@H]1[C@@H]3C[C@H](C)C4=CC(=O)CC[C@@H]4[C@H]3[C@@H](c3ccc(OC)cc3)C[C@@]12C. The van der Waals surface area contributed by atoms with Crippen LogP contribution in [0.3, 0.4) is 0 Å². The first kappa shape index (κ1) is 21.6. The van der Waals surface area contributed by atoms with E-state index in [0.717, 1.165) is 38.0 Å². The van der Waals surface area contributed by atoms with E-state index >= 15 is 0 Å². The van der Waals surface area contributed by atoms with E-state index in [-0.39, 0.29) is 11.0 Å². The first-order chi connectivity index (χ1) is 15.9. The van der Waals surface area contributed by atoms with Crippen LogP contribution in [0, 0.1) is 35.0 Å². The maximum Gasteiger partial charge on any atom is 0.155 e. The summed E-state index contributed by atoms with van der Waals surface area (Å²) in [6.45, 7) is 10.3. The van der Waals surface area contributed by atoms with Gasteiger partial charge in [0.15, 0.2) is 5.78 Å². The van der Waals surface area contributed by atoms with Crippen LogP contribution in [-0.4, -0.2) is 25.1 Å². The maximum atomic E-state index is 12.4. The van der Waals surface area contributed by atoms with Gasteiger partial charge in [0.05, 0.1) is 19.3 Å². The topological polar surface area (TPSA) is 35.5 Å². The molecule has 0 amide bonds. The number of ketones is 1. The first-order valence-electron chi connectivity index (χ1n) is 13.1. The molecule has 8 atom stereocenters. The number of hydrogen-bond acceptors (Lipinski definition) is 3. The van der Waals surface area contributed by atoms with Crippen molar-refractivity contribution in [2.75, 3.05) is 13.7 Å². The van der Waals surface area contributed by atoms with Crippen LogP contribution in [0.4, 0.5) is 0 Å².